The number of anilines is 1. The third-order valence-electron chi connectivity index (χ3n) is 6.60. The lowest BCUT2D eigenvalue weighted by Gasteiger charge is -2.34. The van der Waals surface area contributed by atoms with Gasteiger partial charge in [0.25, 0.3) is 0 Å². The standard InChI is InChI=1S/C26H26F3N5O3S/c1-15(2)38(35,36)17-4-5-21(26(27,28)29)20(12-17)22-13-23(34-10-11-37-14-16(34)3)33-25(32-22)19-7-9-31-24-18(19)6-8-30-24/h4-9,12-13,15-16H,10-11,14H2,1-3H3,(H,30,31)/t16-/m1/s1. The van der Waals surface area contributed by atoms with Crippen LogP contribution in [0.5, 0.6) is 0 Å². The molecule has 3 aromatic heterocycles. The van der Waals surface area contributed by atoms with Gasteiger partial charge in [-0.25, -0.2) is 23.4 Å². The quantitative estimate of drug-likeness (QED) is 0.372. The van der Waals surface area contributed by atoms with Crippen LogP contribution >= 0.6 is 0 Å². The molecule has 0 bridgehead atoms. The molecule has 5 rings (SSSR count). The average molecular weight is 546 g/mol. The van der Waals surface area contributed by atoms with Crippen molar-refractivity contribution in [3.63, 3.8) is 0 Å². The first-order valence-electron chi connectivity index (χ1n) is 12.1. The number of alkyl halides is 3. The summed E-state index contributed by atoms with van der Waals surface area (Å²) in [7, 11) is -3.84. The summed E-state index contributed by atoms with van der Waals surface area (Å²) in [5, 5.41) is -0.102. The number of morpholine rings is 1. The molecular formula is C26H26F3N5O3S. The van der Waals surface area contributed by atoms with Crippen molar-refractivity contribution < 1.29 is 26.3 Å². The van der Waals surface area contributed by atoms with Crippen LogP contribution in [-0.4, -0.2) is 59.4 Å². The van der Waals surface area contributed by atoms with Crippen molar-refractivity contribution in [1.82, 2.24) is 19.9 Å². The number of aromatic nitrogens is 4. The van der Waals surface area contributed by atoms with E-state index in [-0.39, 0.29) is 28.0 Å². The lowest BCUT2D eigenvalue weighted by atomic mass is 10.0. The number of rotatable bonds is 5. The smallest absolute Gasteiger partial charge is 0.377 e. The lowest BCUT2D eigenvalue weighted by Crippen LogP contribution is -2.44. The van der Waals surface area contributed by atoms with Crippen LogP contribution < -0.4 is 4.90 Å². The molecule has 1 saturated heterocycles. The maximum Gasteiger partial charge on any atom is 0.417 e. The second-order valence-electron chi connectivity index (χ2n) is 9.45. The molecule has 4 heterocycles. The van der Waals surface area contributed by atoms with Gasteiger partial charge < -0.3 is 14.6 Å². The van der Waals surface area contributed by atoms with E-state index in [9.17, 15) is 21.6 Å². The van der Waals surface area contributed by atoms with E-state index in [1.165, 1.54) is 19.9 Å². The Labute approximate surface area is 217 Å². The summed E-state index contributed by atoms with van der Waals surface area (Å²) in [6, 6.07) is 7.76. The first-order chi connectivity index (χ1) is 18.0. The number of ether oxygens (including phenoxy) is 1. The highest BCUT2D eigenvalue weighted by Gasteiger charge is 2.36. The Hall–Kier alpha value is -3.51. The minimum atomic E-state index is -4.74. The number of sulfone groups is 1. The number of fused-ring (bicyclic) bond motifs is 1. The first-order valence-corrected chi connectivity index (χ1v) is 13.6. The highest BCUT2D eigenvalue weighted by Crippen LogP contribution is 2.40. The topological polar surface area (TPSA) is 101 Å². The van der Waals surface area contributed by atoms with Gasteiger partial charge in [0.05, 0.1) is 40.7 Å². The molecule has 0 radical (unpaired) electrons. The third-order valence-corrected chi connectivity index (χ3v) is 8.75. The van der Waals surface area contributed by atoms with E-state index >= 15 is 0 Å². The molecule has 1 atom stereocenters. The molecule has 12 heteroatoms. The van der Waals surface area contributed by atoms with E-state index in [4.69, 9.17) is 9.72 Å². The van der Waals surface area contributed by atoms with Gasteiger partial charge in [0.2, 0.25) is 0 Å². The molecule has 1 aromatic carbocycles. The number of hydrogen-bond acceptors (Lipinski definition) is 7. The monoisotopic (exact) mass is 545 g/mol. The van der Waals surface area contributed by atoms with Gasteiger partial charge in [0.1, 0.15) is 11.5 Å². The maximum atomic E-state index is 14.2. The summed E-state index contributed by atoms with van der Waals surface area (Å²) in [5.74, 6) is 0.625. The summed E-state index contributed by atoms with van der Waals surface area (Å²) in [6.07, 6.45) is -1.46. The SMILES string of the molecule is CC(C)S(=O)(=O)c1ccc(C(F)(F)F)c(-c2cc(N3CCOC[C@H]3C)nc(-c3ccnc4[nH]ccc34)n2)c1. The summed E-state index contributed by atoms with van der Waals surface area (Å²) in [6.45, 7) is 6.27. The molecule has 8 nitrogen and oxygen atoms in total. The van der Waals surface area contributed by atoms with Gasteiger partial charge in [-0.3, -0.25) is 0 Å². The number of nitrogens with one attached hydrogen (secondary N) is 1. The van der Waals surface area contributed by atoms with Crippen LogP contribution in [0, 0.1) is 0 Å². The summed E-state index contributed by atoms with van der Waals surface area (Å²) < 4.78 is 73.9. The fraction of sp³-hybridized carbons (Fsp3) is 0.346. The van der Waals surface area contributed by atoms with E-state index < -0.39 is 26.8 Å². The number of H-pyrrole nitrogens is 1. The molecule has 0 unspecified atom stereocenters. The van der Waals surface area contributed by atoms with Crippen molar-refractivity contribution in [1.29, 1.82) is 0 Å². The predicted molar refractivity (Wildman–Crippen MR) is 138 cm³/mol. The molecular weight excluding hydrogens is 519 g/mol. The predicted octanol–water partition coefficient (Wildman–Crippen LogP) is 5.11. The molecule has 1 aliphatic heterocycles. The molecule has 0 spiro atoms. The zero-order valence-corrected chi connectivity index (χ0v) is 21.8. The van der Waals surface area contributed by atoms with Crippen LogP contribution in [0.15, 0.2) is 53.7 Å². The zero-order valence-electron chi connectivity index (χ0n) is 21.0. The number of halogens is 3. The van der Waals surface area contributed by atoms with Gasteiger partial charge in [0.15, 0.2) is 15.7 Å². The second kappa shape index (κ2) is 9.66. The summed E-state index contributed by atoms with van der Waals surface area (Å²) >= 11 is 0. The number of benzene rings is 1. The number of nitrogens with zero attached hydrogens (tertiary/aromatic N) is 4. The molecule has 200 valence electrons. The van der Waals surface area contributed by atoms with Gasteiger partial charge in [-0.2, -0.15) is 13.2 Å². The molecule has 1 aliphatic rings. The normalized spacial score (nSPS) is 16.9. The van der Waals surface area contributed by atoms with E-state index in [0.717, 1.165) is 18.2 Å². The fourth-order valence-corrected chi connectivity index (χ4v) is 5.58. The van der Waals surface area contributed by atoms with Crippen molar-refractivity contribution in [2.24, 2.45) is 0 Å². The Kier molecular flexibility index (Phi) is 6.64. The van der Waals surface area contributed by atoms with Gasteiger partial charge in [-0.1, -0.05) is 0 Å². The van der Waals surface area contributed by atoms with E-state index in [0.29, 0.717) is 42.2 Å². The van der Waals surface area contributed by atoms with Crippen LogP contribution in [0.25, 0.3) is 33.7 Å². The van der Waals surface area contributed by atoms with Gasteiger partial charge in [-0.05, 0) is 51.1 Å². The summed E-state index contributed by atoms with van der Waals surface area (Å²) in [5.41, 5.74) is -0.173. The van der Waals surface area contributed by atoms with Crippen LogP contribution in [0.4, 0.5) is 19.0 Å². The lowest BCUT2D eigenvalue weighted by molar-refractivity contribution is -0.137. The Morgan fingerprint density at radius 3 is 2.61 bits per heavy atom. The Balaban J connectivity index is 1.79. The Morgan fingerprint density at radius 2 is 1.89 bits per heavy atom. The minimum Gasteiger partial charge on any atom is -0.377 e. The average Bonchev–Trinajstić information content (AvgIpc) is 3.37. The van der Waals surface area contributed by atoms with Crippen LogP contribution in [-0.2, 0) is 20.8 Å². The summed E-state index contributed by atoms with van der Waals surface area (Å²) in [4.78, 5) is 18.4. The molecule has 1 N–H and O–H groups in total. The largest absolute Gasteiger partial charge is 0.417 e. The van der Waals surface area contributed by atoms with Crippen LogP contribution in [0.1, 0.15) is 26.3 Å². The molecule has 4 aromatic rings. The molecule has 1 fully saturated rings. The third kappa shape index (κ3) is 4.73. The molecule has 0 saturated carbocycles. The van der Waals surface area contributed by atoms with Crippen molar-refractivity contribution >= 4 is 26.7 Å². The van der Waals surface area contributed by atoms with Crippen LogP contribution in [0.3, 0.4) is 0 Å². The fourth-order valence-electron chi connectivity index (χ4n) is 4.49. The van der Waals surface area contributed by atoms with E-state index in [1.54, 1.807) is 24.5 Å². The van der Waals surface area contributed by atoms with E-state index in [1.807, 2.05) is 11.8 Å². The minimum absolute atomic E-state index is 0.0303. The number of hydrogen-bond donors (Lipinski definition) is 1. The molecule has 38 heavy (non-hydrogen) atoms. The van der Waals surface area contributed by atoms with Crippen molar-refractivity contribution in [3.05, 3.63) is 54.4 Å². The van der Waals surface area contributed by atoms with Gasteiger partial charge in [-0.15, -0.1) is 0 Å². The number of pyridine rings is 1. The number of aromatic amines is 1. The molecule has 0 aliphatic carbocycles. The van der Waals surface area contributed by atoms with Crippen LogP contribution in [0.2, 0.25) is 0 Å². The van der Waals surface area contributed by atoms with Crippen molar-refractivity contribution in [2.45, 2.75) is 43.1 Å². The maximum absolute atomic E-state index is 14.2. The Morgan fingerprint density at radius 1 is 1.11 bits per heavy atom. The highest BCUT2D eigenvalue weighted by molar-refractivity contribution is 7.92. The molecule has 0 amide bonds. The highest BCUT2D eigenvalue weighted by atomic mass is 32.2. The Bertz CT molecular complexity index is 1600. The van der Waals surface area contributed by atoms with E-state index in [2.05, 4.69) is 15.0 Å². The van der Waals surface area contributed by atoms with Crippen molar-refractivity contribution in [3.8, 4) is 22.6 Å². The van der Waals surface area contributed by atoms with Gasteiger partial charge >= 0.3 is 6.18 Å². The van der Waals surface area contributed by atoms with Gasteiger partial charge in [0, 0.05) is 41.5 Å². The van der Waals surface area contributed by atoms with Crippen molar-refractivity contribution in [2.75, 3.05) is 24.7 Å². The first kappa shape index (κ1) is 26.1. The second-order valence-corrected chi connectivity index (χ2v) is 12.0. The zero-order chi connectivity index (χ0) is 27.2.